The summed E-state index contributed by atoms with van der Waals surface area (Å²) >= 11 is 3.47. The molecule has 0 fully saturated rings. The molecule has 1 aromatic carbocycles. The highest BCUT2D eigenvalue weighted by atomic mass is 79.9. The van der Waals surface area contributed by atoms with Gasteiger partial charge in [-0.3, -0.25) is 9.69 Å². The van der Waals surface area contributed by atoms with Crippen molar-refractivity contribution in [2.75, 3.05) is 6.54 Å². The van der Waals surface area contributed by atoms with E-state index in [2.05, 4.69) is 20.9 Å². The molecule has 0 amide bonds. The molecule has 0 unspecified atom stereocenters. The summed E-state index contributed by atoms with van der Waals surface area (Å²) in [4.78, 5) is 19.4. The van der Waals surface area contributed by atoms with Crippen LogP contribution in [0.15, 0.2) is 33.5 Å². The van der Waals surface area contributed by atoms with Crippen molar-refractivity contribution in [3.8, 4) is 0 Å². The van der Waals surface area contributed by atoms with E-state index < -0.39 is 17.6 Å². The fourth-order valence-corrected chi connectivity index (χ4v) is 3.03. The molecule has 122 valence electrons. The van der Waals surface area contributed by atoms with Gasteiger partial charge in [0, 0.05) is 30.5 Å². The minimum Gasteiger partial charge on any atom is -0.303 e. The number of hydrogen-bond donors (Lipinski definition) is 1. The topological polar surface area (TPSA) is 49.0 Å². The predicted octanol–water partition coefficient (Wildman–Crippen LogP) is 3.11. The summed E-state index contributed by atoms with van der Waals surface area (Å²) in [6.45, 7) is 1.46. The Morgan fingerprint density at radius 1 is 1.30 bits per heavy atom. The summed E-state index contributed by atoms with van der Waals surface area (Å²) in [6, 6.07) is 7.72. The number of alkyl halides is 3. The van der Waals surface area contributed by atoms with Gasteiger partial charge in [-0.1, -0.05) is 34.1 Å². The molecule has 23 heavy (non-hydrogen) atoms. The van der Waals surface area contributed by atoms with Crippen LogP contribution in [-0.4, -0.2) is 21.4 Å². The maximum atomic E-state index is 12.7. The van der Waals surface area contributed by atoms with Gasteiger partial charge in [0.1, 0.15) is 0 Å². The Kier molecular flexibility index (Phi) is 4.29. The molecule has 0 bridgehead atoms. The summed E-state index contributed by atoms with van der Waals surface area (Å²) in [5, 5.41) is 0. The smallest absolute Gasteiger partial charge is 0.303 e. The number of rotatable bonds is 2. The Bertz CT molecular complexity index is 788. The maximum Gasteiger partial charge on any atom is 0.449 e. The van der Waals surface area contributed by atoms with E-state index >= 15 is 0 Å². The molecule has 0 aliphatic carbocycles. The lowest BCUT2D eigenvalue weighted by Gasteiger charge is -2.28. The number of fused-ring (bicyclic) bond motifs is 1. The van der Waals surface area contributed by atoms with Gasteiger partial charge in [0.15, 0.2) is 0 Å². The van der Waals surface area contributed by atoms with Gasteiger partial charge < -0.3 is 4.98 Å². The molecule has 2 aromatic rings. The molecule has 2 heterocycles. The van der Waals surface area contributed by atoms with Crippen LogP contribution in [-0.2, 0) is 25.7 Å². The number of nitrogens with one attached hydrogen (secondary N) is 1. The largest absolute Gasteiger partial charge is 0.449 e. The van der Waals surface area contributed by atoms with E-state index in [1.165, 1.54) is 0 Å². The van der Waals surface area contributed by atoms with Crippen LogP contribution in [0.5, 0.6) is 0 Å². The Morgan fingerprint density at radius 2 is 2.04 bits per heavy atom. The molecular weight excluding hydrogens is 375 g/mol. The van der Waals surface area contributed by atoms with Gasteiger partial charge in [-0.15, -0.1) is 0 Å². The minimum absolute atomic E-state index is 0.240. The number of halogens is 4. The van der Waals surface area contributed by atoms with Crippen LogP contribution in [0.4, 0.5) is 13.2 Å². The molecule has 0 saturated heterocycles. The highest BCUT2D eigenvalue weighted by Crippen LogP contribution is 2.27. The van der Waals surface area contributed by atoms with Gasteiger partial charge in [-0.25, -0.2) is 4.98 Å². The monoisotopic (exact) mass is 387 g/mol. The molecular formula is C15H13BrF3N3O. The second-order valence-corrected chi connectivity index (χ2v) is 6.24. The molecule has 1 aliphatic heterocycles. The lowest BCUT2D eigenvalue weighted by Crippen LogP contribution is -2.36. The Labute approximate surface area is 138 Å². The first kappa shape index (κ1) is 16.2. The predicted molar refractivity (Wildman–Crippen MR) is 81.8 cm³/mol. The average molecular weight is 388 g/mol. The molecule has 1 aromatic heterocycles. The number of nitrogens with zero attached hydrogens (tertiary/aromatic N) is 2. The van der Waals surface area contributed by atoms with Crippen molar-refractivity contribution in [1.82, 2.24) is 14.9 Å². The van der Waals surface area contributed by atoms with Crippen LogP contribution < -0.4 is 5.56 Å². The number of H-pyrrole nitrogens is 1. The van der Waals surface area contributed by atoms with Gasteiger partial charge in [-0.2, -0.15) is 13.2 Å². The molecule has 0 spiro atoms. The van der Waals surface area contributed by atoms with Crippen molar-refractivity contribution in [2.45, 2.75) is 25.7 Å². The fraction of sp³-hybridized carbons (Fsp3) is 0.333. The van der Waals surface area contributed by atoms with Crippen LogP contribution in [0.25, 0.3) is 0 Å². The van der Waals surface area contributed by atoms with Crippen LogP contribution >= 0.6 is 15.9 Å². The normalized spacial score (nSPS) is 15.5. The van der Waals surface area contributed by atoms with Crippen molar-refractivity contribution < 1.29 is 13.2 Å². The zero-order valence-electron chi connectivity index (χ0n) is 12.0. The first-order chi connectivity index (χ1) is 10.8. The van der Waals surface area contributed by atoms with Crippen LogP contribution in [0.3, 0.4) is 0 Å². The number of aromatic amines is 1. The van der Waals surface area contributed by atoms with E-state index in [0.29, 0.717) is 25.1 Å². The summed E-state index contributed by atoms with van der Waals surface area (Å²) in [7, 11) is 0. The first-order valence-electron chi connectivity index (χ1n) is 6.99. The SMILES string of the molecule is O=c1[nH]c(C(F)(F)F)nc2c1CN(Cc1ccccc1Br)CC2. The zero-order chi connectivity index (χ0) is 16.6. The van der Waals surface area contributed by atoms with Crippen molar-refractivity contribution in [3.63, 3.8) is 0 Å². The summed E-state index contributed by atoms with van der Waals surface area (Å²) in [6.07, 6.45) is -4.31. The Hall–Kier alpha value is -1.67. The van der Waals surface area contributed by atoms with E-state index in [4.69, 9.17) is 0 Å². The third-order valence-electron chi connectivity index (χ3n) is 3.77. The van der Waals surface area contributed by atoms with E-state index in [0.717, 1.165) is 10.0 Å². The highest BCUT2D eigenvalue weighted by molar-refractivity contribution is 9.10. The van der Waals surface area contributed by atoms with E-state index in [-0.39, 0.29) is 12.2 Å². The van der Waals surface area contributed by atoms with Crippen molar-refractivity contribution in [2.24, 2.45) is 0 Å². The third-order valence-corrected chi connectivity index (χ3v) is 4.54. The van der Waals surface area contributed by atoms with E-state index in [1.807, 2.05) is 34.1 Å². The first-order valence-corrected chi connectivity index (χ1v) is 7.79. The maximum absolute atomic E-state index is 12.7. The van der Waals surface area contributed by atoms with Gasteiger partial charge in [0.05, 0.1) is 11.3 Å². The average Bonchev–Trinajstić information content (AvgIpc) is 2.49. The van der Waals surface area contributed by atoms with Crippen LogP contribution in [0.1, 0.15) is 22.6 Å². The molecule has 8 heteroatoms. The Balaban J connectivity index is 1.84. The summed E-state index contributed by atoms with van der Waals surface area (Å²) < 4.78 is 39.1. The quantitative estimate of drug-likeness (QED) is 0.861. The van der Waals surface area contributed by atoms with Crippen molar-refractivity contribution in [3.05, 3.63) is 61.7 Å². The van der Waals surface area contributed by atoms with Gasteiger partial charge >= 0.3 is 6.18 Å². The second-order valence-electron chi connectivity index (χ2n) is 5.39. The lowest BCUT2D eigenvalue weighted by atomic mass is 10.1. The van der Waals surface area contributed by atoms with Gasteiger partial charge in [-0.05, 0) is 11.6 Å². The molecule has 4 nitrogen and oxygen atoms in total. The number of aromatic nitrogens is 2. The summed E-state index contributed by atoms with van der Waals surface area (Å²) in [5.41, 5.74) is 0.909. The second kappa shape index (κ2) is 6.09. The minimum atomic E-state index is -4.64. The van der Waals surface area contributed by atoms with Crippen molar-refractivity contribution >= 4 is 15.9 Å². The lowest BCUT2D eigenvalue weighted by molar-refractivity contribution is -0.145. The third kappa shape index (κ3) is 3.48. The van der Waals surface area contributed by atoms with E-state index in [1.54, 1.807) is 0 Å². The number of benzene rings is 1. The molecule has 3 rings (SSSR count). The van der Waals surface area contributed by atoms with Crippen LogP contribution in [0, 0.1) is 0 Å². The zero-order valence-corrected chi connectivity index (χ0v) is 13.5. The summed E-state index contributed by atoms with van der Waals surface area (Å²) in [5.74, 6) is -1.22. The fourth-order valence-electron chi connectivity index (χ4n) is 2.62. The molecule has 0 atom stereocenters. The Morgan fingerprint density at radius 3 is 2.74 bits per heavy atom. The molecule has 0 radical (unpaired) electrons. The van der Waals surface area contributed by atoms with Crippen molar-refractivity contribution in [1.29, 1.82) is 0 Å². The molecule has 1 aliphatic rings. The van der Waals surface area contributed by atoms with Crippen LogP contribution in [0.2, 0.25) is 0 Å². The van der Waals surface area contributed by atoms with Gasteiger partial charge in [0.25, 0.3) is 5.56 Å². The number of hydrogen-bond acceptors (Lipinski definition) is 3. The van der Waals surface area contributed by atoms with Gasteiger partial charge in [0.2, 0.25) is 5.82 Å². The standard InChI is InChI=1S/C15H13BrF3N3O/c16-11-4-2-1-3-9(11)7-22-6-5-12-10(8-22)13(23)21-14(20-12)15(17,18)19/h1-4H,5-8H2,(H,20,21,23). The molecule has 0 saturated carbocycles. The molecule has 1 N–H and O–H groups in total. The van der Waals surface area contributed by atoms with E-state index in [9.17, 15) is 18.0 Å². The highest BCUT2D eigenvalue weighted by Gasteiger charge is 2.35.